The van der Waals surface area contributed by atoms with E-state index in [0.29, 0.717) is 6.54 Å². The van der Waals surface area contributed by atoms with Gasteiger partial charge < -0.3 is 15.4 Å². The Morgan fingerprint density at radius 1 is 1.52 bits per heavy atom. The van der Waals surface area contributed by atoms with Crippen molar-refractivity contribution in [2.75, 3.05) is 20.2 Å². The quantitative estimate of drug-likeness (QED) is 0.743. The summed E-state index contributed by atoms with van der Waals surface area (Å²) in [6, 6.07) is 5.14. The second-order valence-electron chi connectivity index (χ2n) is 4.86. The highest BCUT2D eigenvalue weighted by molar-refractivity contribution is 9.10. The summed E-state index contributed by atoms with van der Waals surface area (Å²) in [6.07, 6.45) is 0. The Labute approximate surface area is 131 Å². The number of hydrogen-bond acceptors (Lipinski definition) is 4. The van der Waals surface area contributed by atoms with E-state index in [4.69, 9.17) is 4.74 Å². The first-order valence-corrected chi connectivity index (χ1v) is 7.44. The third-order valence-corrected chi connectivity index (χ3v) is 3.98. The van der Waals surface area contributed by atoms with Gasteiger partial charge in [0.15, 0.2) is 0 Å². The molecule has 1 aliphatic heterocycles. The first-order valence-electron chi connectivity index (χ1n) is 6.65. The van der Waals surface area contributed by atoms with Gasteiger partial charge in [0.2, 0.25) is 11.8 Å². The maximum atomic E-state index is 12.1. The number of rotatable bonds is 4. The fraction of sp³-hybridized carbons (Fsp3) is 0.429. The lowest BCUT2D eigenvalue weighted by atomic mass is 10.1. The maximum Gasteiger partial charge on any atom is 0.239 e. The summed E-state index contributed by atoms with van der Waals surface area (Å²) in [7, 11) is 1.61. The van der Waals surface area contributed by atoms with Gasteiger partial charge in [-0.1, -0.05) is 6.07 Å². The lowest BCUT2D eigenvalue weighted by Gasteiger charge is -2.25. The van der Waals surface area contributed by atoms with Gasteiger partial charge in [0.25, 0.3) is 0 Å². The number of carbonyl (C=O) groups excluding carboxylic acids is 2. The number of piperazine rings is 1. The molecule has 1 saturated heterocycles. The van der Waals surface area contributed by atoms with Crippen LogP contribution in [-0.4, -0.2) is 38.1 Å². The van der Waals surface area contributed by atoms with Crippen LogP contribution in [0.15, 0.2) is 22.7 Å². The van der Waals surface area contributed by atoms with Crippen LogP contribution in [0, 0.1) is 0 Å². The molecule has 0 aromatic heterocycles. The molecule has 2 atom stereocenters. The van der Waals surface area contributed by atoms with E-state index in [9.17, 15) is 9.59 Å². The molecular weight excluding hydrogens is 338 g/mol. The highest BCUT2D eigenvalue weighted by atomic mass is 79.9. The van der Waals surface area contributed by atoms with Gasteiger partial charge in [0, 0.05) is 6.54 Å². The predicted octanol–water partition coefficient (Wildman–Crippen LogP) is 0.723. The van der Waals surface area contributed by atoms with E-state index in [-0.39, 0.29) is 24.4 Å². The van der Waals surface area contributed by atoms with Crippen LogP contribution >= 0.6 is 15.9 Å². The van der Waals surface area contributed by atoms with Crippen molar-refractivity contribution >= 4 is 27.7 Å². The maximum absolute atomic E-state index is 12.1. The van der Waals surface area contributed by atoms with Crippen molar-refractivity contribution in [3.8, 4) is 5.75 Å². The summed E-state index contributed by atoms with van der Waals surface area (Å²) in [5.74, 6) is 0.523. The molecule has 1 aromatic rings. The standard InChI is InChI=1S/C14H18BrN3O3/c1-8(9-3-4-12(21-2)10(15)5-9)18-14(20)11-6-17-13(19)7-16-11/h3-5,8,11,16H,6-7H2,1-2H3,(H,17,19)(H,18,20). The summed E-state index contributed by atoms with van der Waals surface area (Å²) in [5.41, 5.74) is 0.968. The van der Waals surface area contributed by atoms with E-state index >= 15 is 0 Å². The van der Waals surface area contributed by atoms with Gasteiger partial charge in [-0.15, -0.1) is 0 Å². The average molecular weight is 356 g/mol. The molecule has 114 valence electrons. The van der Waals surface area contributed by atoms with Crippen LogP contribution in [0.4, 0.5) is 0 Å². The summed E-state index contributed by atoms with van der Waals surface area (Å²) >= 11 is 3.43. The van der Waals surface area contributed by atoms with Gasteiger partial charge in [0.05, 0.1) is 24.2 Å². The van der Waals surface area contributed by atoms with Gasteiger partial charge in [-0.05, 0) is 40.5 Å². The van der Waals surface area contributed by atoms with Gasteiger partial charge >= 0.3 is 0 Å². The average Bonchev–Trinajstić information content (AvgIpc) is 2.47. The molecule has 1 fully saturated rings. The van der Waals surface area contributed by atoms with E-state index in [1.165, 1.54) is 0 Å². The second kappa shape index (κ2) is 6.91. The third kappa shape index (κ3) is 3.95. The van der Waals surface area contributed by atoms with Gasteiger partial charge in [0.1, 0.15) is 11.8 Å². The van der Waals surface area contributed by atoms with Crippen LogP contribution in [0.1, 0.15) is 18.5 Å². The minimum Gasteiger partial charge on any atom is -0.496 e. The molecule has 0 saturated carbocycles. The SMILES string of the molecule is COc1ccc(C(C)NC(=O)C2CNC(=O)CN2)cc1Br. The smallest absolute Gasteiger partial charge is 0.239 e. The van der Waals surface area contributed by atoms with E-state index in [0.717, 1.165) is 15.8 Å². The number of hydrogen-bond donors (Lipinski definition) is 3. The number of nitrogens with one attached hydrogen (secondary N) is 3. The van der Waals surface area contributed by atoms with E-state index < -0.39 is 6.04 Å². The molecule has 2 rings (SSSR count). The van der Waals surface area contributed by atoms with Crippen molar-refractivity contribution in [3.05, 3.63) is 28.2 Å². The van der Waals surface area contributed by atoms with Crippen LogP contribution in [0.2, 0.25) is 0 Å². The molecule has 7 heteroatoms. The first-order chi connectivity index (χ1) is 10.0. The number of amides is 2. The molecule has 2 unspecified atom stereocenters. The molecule has 0 aliphatic carbocycles. The van der Waals surface area contributed by atoms with Gasteiger partial charge in [-0.2, -0.15) is 0 Å². The molecular formula is C14H18BrN3O3. The molecule has 6 nitrogen and oxygen atoms in total. The van der Waals surface area contributed by atoms with Gasteiger partial charge in [-0.25, -0.2) is 0 Å². The molecule has 21 heavy (non-hydrogen) atoms. The third-order valence-electron chi connectivity index (χ3n) is 3.36. The monoisotopic (exact) mass is 355 g/mol. The van der Waals surface area contributed by atoms with Crippen molar-refractivity contribution in [1.29, 1.82) is 0 Å². The minimum absolute atomic E-state index is 0.0915. The fourth-order valence-corrected chi connectivity index (χ4v) is 2.66. The first kappa shape index (κ1) is 15.8. The van der Waals surface area contributed by atoms with Crippen molar-refractivity contribution in [2.24, 2.45) is 0 Å². The Morgan fingerprint density at radius 3 is 2.86 bits per heavy atom. The number of carbonyl (C=O) groups is 2. The second-order valence-corrected chi connectivity index (χ2v) is 5.72. The largest absolute Gasteiger partial charge is 0.496 e. The molecule has 2 amide bonds. The summed E-state index contributed by atoms with van der Waals surface area (Å²) in [4.78, 5) is 23.2. The van der Waals surface area contributed by atoms with Gasteiger partial charge in [-0.3, -0.25) is 14.9 Å². The zero-order valence-electron chi connectivity index (χ0n) is 11.9. The molecule has 0 radical (unpaired) electrons. The molecule has 1 aliphatic rings. The number of ether oxygens (including phenoxy) is 1. The minimum atomic E-state index is -0.396. The van der Waals surface area contributed by atoms with Crippen LogP contribution in [-0.2, 0) is 9.59 Å². The zero-order valence-corrected chi connectivity index (χ0v) is 13.5. The number of halogens is 1. The summed E-state index contributed by atoms with van der Waals surface area (Å²) < 4.78 is 6.02. The molecule has 1 aromatic carbocycles. The Kier molecular flexibility index (Phi) is 5.19. The topological polar surface area (TPSA) is 79.5 Å². The Morgan fingerprint density at radius 2 is 2.29 bits per heavy atom. The number of methoxy groups -OCH3 is 1. The van der Waals surface area contributed by atoms with E-state index in [1.54, 1.807) is 7.11 Å². The van der Waals surface area contributed by atoms with Crippen molar-refractivity contribution < 1.29 is 14.3 Å². The molecule has 0 spiro atoms. The fourth-order valence-electron chi connectivity index (χ4n) is 2.10. The molecule has 1 heterocycles. The van der Waals surface area contributed by atoms with Crippen LogP contribution < -0.4 is 20.7 Å². The van der Waals surface area contributed by atoms with Crippen molar-refractivity contribution in [2.45, 2.75) is 19.0 Å². The highest BCUT2D eigenvalue weighted by Gasteiger charge is 2.24. The van der Waals surface area contributed by atoms with Crippen molar-refractivity contribution in [3.63, 3.8) is 0 Å². The summed E-state index contributed by atoms with van der Waals surface area (Å²) in [6.45, 7) is 2.39. The van der Waals surface area contributed by atoms with Crippen LogP contribution in [0.5, 0.6) is 5.75 Å². The lowest BCUT2D eigenvalue weighted by molar-refractivity contribution is -0.127. The van der Waals surface area contributed by atoms with E-state index in [2.05, 4.69) is 31.9 Å². The lowest BCUT2D eigenvalue weighted by Crippen LogP contribution is -2.58. The normalized spacial score (nSPS) is 19.6. The highest BCUT2D eigenvalue weighted by Crippen LogP contribution is 2.27. The van der Waals surface area contributed by atoms with Crippen molar-refractivity contribution in [1.82, 2.24) is 16.0 Å². The molecule has 3 N–H and O–H groups in total. The molecule has 0 bridgehead atoms. The Hall–Kier alpha value is -1.60. The van der Waals surface area contributed by atoms with Crippen LogP contribution in [0.3, 0.4) is 0 Å². The summed E-state index contributed by atoms with van der Waals surface area (Å²) in [5, 5.41) is 8.50. The Bertz CT molecular complexity index is 540. The Balaban J connectivity index is 1.97. The number of benzene rings is 1. The predicted molar refractivity (Wildman–Crippen MR) is 82.1 cm³/mol. The zero-order chi connectivity index (χ0) is 15.4. The van der Waals surface area contributed by atoms with Crippen LogP contribution in [0.25, 0.3) is 0 Å². The van der Waals surface area contributed by atoms with E-state index in [1.807, 2.05) is 25.1 Å².